The summed E-state index contributed by atoms with van der Waals surface area (Å²) >= 11 is 0. The molecule has 0 bridgehead atoms. The molecule has 0 radical (unpaired) electrons. The Kier molecular flexibility index (Phi) is 10.1. The van der Waals surface area contributed by atoms with Gasteiger partial charge in [0.1, 0.15) is 18.2 Å². The highest BCUT2D eigenvalue weighted by Crippen LogP contribution is 2.37. The summed E-state index contributed by atoms with van der Waals surface area (Å²) < 4.78 is 12.7. The maximum absolute atomic E-state index is 12.6. The van der Waals surface area contributed by atoms with E-state index in [4.69, 9.17) is 14.5 Å². The summed E-state index contributed by atoms with van der Waals surface area (Å²) in [4.78, 5) is 35.2. The molecule has 0 atom stereocenters. The SMILES string of the molecule is COC(=O)C[C@H]1CC[C@H](c2ccc(-c3ccc(-c4nc(C(=O)N(C)C)cn4COCC[Si](C)(C)C)cn3)cc2)CC1. The van der Waals surface area contributed by atoms with Gasteiger partial charge in [-0.3, -0.25) is 14.6 Å². The third kappa shape index (κ3) is 8.36. The van der Waals surface area contributed by atoms with Crippen LogP contribution < -0.4 is 0 Å². The molecule has 8 nitrogen and oxygen atoms in total. The van der Waals surface area contributed by atoms with Crippen molar-refractivity contribution in [3.05, 3.63) is 60.0 Å². The van der Waals surface area contributed by atoms with E-state index in [1.165, 1.54) is 17.6 Å². The van der Waals surface area contributed by atoms with Crippen LogP contribution in [-0.2, 0) is 21.0 Å². The molecule has 1 aromatic carbocycles. The van der Waals surface area contributed by atoms with Crippen LogP contribution in [0.4, 0.5) is 0 Å². The Morgan fingerprint density at radius 2 is 1.68 bits per heavy atom. The molecule has 0 spiro atoms. The molecule has 1 aliphatic rings. The van der Waals surface area contributed by atoms with Crippen molar-refractivity contribution in [2.75, 3.05) is 27.8 Å². The van der Waals surface area contributed by atoms with E-state index in [9.17, 15) is 9.59 Å². The zero-order valence-electron chi connectivity index (χ0n) is 25.4. The quantitative estimate of drug-likeness (QED) is 0.148. The van der Waals surface area contributed by atoms with E-state index in [-0.39, 0.29) is 11.9 Å². The van der Waals surface area contributed by atoms with Gasteiger partial charge < -0.3 is 18.9 Å². The zero-order chi connectivity index (χ0) is 29.6. The molecule has 1 aliphatic carbocycles. The molecular formula is C32H44N4O4Si. The smallest absolute Gasteiger partial charge is 0.305 e. The molecule has 0 N–H and O–H groups in total. The van der Waals surface area contributed by atoms with Gasteiger partial charge in [-0.25, -0.2) is 4.98 Å². The van der Waals surface area contributed by atoms with Crippen molar-refractivity contribution >= 4 is 20.0 Å². The number of esters is 1. The van der Waals surface area contributed by atoms with Crippen molar-refractivity contribution in [3.8, 4) is 22.6 Å². The number of nitrogens with zero attached hydrogens (tertiary/aromatic N) is 4. The number of aromatic nitrogens is 3. The predicted molar refractivity (Wildman–Crippen MR) is 164 cm³/mol. The van der Waals surface area contributed by atoms with Crippen LogP contribution in [0.1, 0.15) is 54.1 Å². The first-order chi connectivity index (χ1) is 19.5. The maximum Gasteiger partial charge on any atom is 0.305 e. The van der Waals surface area contributed by atoms with E-state index in [1.807, 2.05) is 22.9 Å². The number of carbonyl (C=O) groups excluding carboxylic acids is 2. The van der Waals surface area contributed by atoms with Gasteiger partial charge in [-0.1, -0.05) is 43.9 Å². The van der Waals surface area contributed by atoms with Gasteiger partial charge in [-0.15, -0.1) is 0 Å². The summed E-state index contributed by atoms with van der Waals surface area (Å²) in [6.07, 6.45) is 8.43. The molecule has 0 unspecified atom stereocenters. The standard InChI is InChI=1S/C32H44N4O4Si/c1-35(2)32(38)29-21-36(22-40-17-18-41(4,5)6)31(34-29)27-15-16-28(33-20-27)26-13-11-25(12-14-26)24-9-7-23(8-10-24)19-30(37)39-3/h11-16,20-21,23-24H,7-10,17-19,22H2,1-6H3/t23-,24-. The number of pyridine rings is 1. The molecular weight excluding hydrogens is 532 g/mol. The van der Waals surface area contributed by atoms with Gasteiger partial charge in [-0.05, 0) is 61.3 Å². The fourth-order valence-electron chi connectivity index (χ4n) is 5.26. The van der Waals surface area contributed by atoms with Crippen molar-refractivity contribution in [2.24, 2.45) is 5.92 Å². The Bertz CT molecular complexity index is 1300. The number of amides is 1. The highest BCUT2D eigenvalue weighted by molar-refractivity contribution is 6.76. The minimum Gasteiger partial charge on any atom is -0.469 e. The summed E-state index contributed by atoms with van der Waals surface area (Å²) in [5.74, 6) is 1.38. The van der Waals surface area contributed by atoms with Gasteiger partial charge in [0.2, 0.25) is 0 Å². The van der Waals surface area contributed by atoms with Gasteiger partial charge in [-0.2, -0.15) is 0 Å². The molecule has 1 amide bonds. The molecule has 2 aromatic heterocycles. The average molecular weight is 577 g/mol. The number of rotatable bonds is 11. The normalized spacial score (nSPS) is 17.3. The Balaban J connectivity index is 1.44. The van der Waals surface area contributed by atoms with Crippen LogP contribution in [0.15, 0.2) is 48.8 Å². The lowest BCUT2D eigenvalue weighted by atomic mass is 9.77. The summed E-state index contributed by atoms with van der Waals surface area (Å²) in [6, 6.07) is 13.8. The summed E-state index contributed by atoms with van der Waals surface area (Å²) in [6.45, 7) is 8.00. The molecule has 41 heavy (non-hydrogen) atoms. The number of benzene rings is 1. The molecule has 3 aromatic rings. The van der Waals surface area contributed by atoms with Gasteiger partial charge >= 0.3 is 5.97 Å². The van der Waals surface area contributed by atoms with Crippen molar-refractivity contribution < 1.29 is 19.1 Å². The maximum atomic E-state index is 12.6. The molecule has 220 valence electrons. The van der Waals surface area contributed by atoms with E-state index < -0.39 is 8.07 Å². The number of carbonyl (C=O) groups is 2. The van der Waals surface area contributed by atoms with Crippen molar-refractivity contribution in [1.29, 1.82) is 0 Å². The second kappa shape index (κ2) is 13.6. The highest BCUT2D eigenvalue weighted by Gasteiger charge is 2.24. The van der Waals surface area contributed by atoms with E-state index in [1.54, 1.807) is 20.3 Å². The summed E-state index contributed by atoms with van der Waals surface area (Å²) in [7, 11) is 3.71. The van der Waals surface area contributed by atoms with E-state index >= 15 is 0 Å². The largest absolute Gasteiger partial charge is 0.469 e. The number of imidazole rings is 1. The van der Waals surface area contributed by atoms with Gasteiger partial charge in [0.15, 0.2) is 0 Å². The Labute approximate surface area is 245 Å². The fraction of sp³-hybridized carbons (Fsp3) is 0.500. The monoisotopic (exact) mass is 576 g/mol. The van der Waals surface area contributed by atoms with Gasteiger partial charge in [0.25, 0.3) is 5.91 Å². The summed E-state index contributed by atoms with van der Waals surface area (Å²) in [5.41, 5.74) is 4.51. The van der Waals surface area contributed by atoms with Crippen LogP contribution in [0.3, 0.4) is 0 Å². The minimum atomic E-state index is -1.20. The molecule has 2 heterocycles. The Morgan fingerprint density at radius 3 is 2.27 bits per heavy atom. The minimum absolute atomic E-state index is 0.103. The number of methoxy groups -OCH3 is 1. The van der Waals surface area contributed by atoms with Crippen molar-refractivity contribution in [1.82, 2.24) is 19.4 Å². The first-order valence-electron chi connectivity index (χ1n) is 14.5. The van der Waals surface area contributed by atoms with Crippen LogP contribution in [0.25, 0.3) is 22.6 Å². The average Bonchev–Trinajstić information content (AvgIpc) is 3.39. The van der Waals surface area contributed by atoms with Gasteiger partial charge in [0, 0.05) is 58.7 Å². The second-order valence-corrected chi connectivity index (χ2v) is 18.1. The van der Waals surface area contributed by atoms with Crippen LogP contribution in [-0.4, -0.2) is 67.2 Å². The summed E-state index contributed by atoms with van der Waals surface area (Å²) in [5, 5.41) is 0. The third-order valence-corrected chi connectivity index (χ3v) is 9.56. The predicted octanol–water partition coefficient (Wildman–Crippen LogP) is 6.46. The number of hydrogen-bond donors (Lipinski definition) is 0. The first-order valence-corrected chi connectivity index (χ1v) is 18.2. The molecule has 0 saturated heterocycles. The lowest BCUT2D eigenvalue weighted by Gasteiger charge is -2.28. The fourth-order valence-corrected chi connectivity index (χ4v) is 6.02. The molecule has 0 aliphatic heterocycles. The second-order valence-electron chi connectivity index (χ2n) is 12.5. The number of hydrogen-bond acceptors (Lipinski definition) is 6. The van der Waals surface area contributed by atoms with Crippen LogP contribution >= 0.6 is 0 Å². The number of ether oxygens (including phenoxy) is 2. The van der Waals surface area contributed by atoms with E-state index in [0.29, 0.717) is 43.1 Å². The van der Waals surface area contributed by atoms with E-state index in [2.05, 4.69) is 48.9 Å². The lowest BCUT2D eigenvalue weighted by Crippen LogP contribution is -2.22. The van der Waals surface area contributed by atoms with Gasteiger partial charge in [0.05, 0.1) is 12.8 Å². The molecule has 1 fully saturated rings. The molecule has 9 heteroatoms. The Hall–Kier alpha value is -3.30. The lowest BCUT2D eigenvalue weighted by molar-refractivity contribution is -0.142. The highest BCUT2D eigenvalue weighted by atomic mass is 28.3. The topological polar surface area (TPSA) is 86.6 Å². The van der Waals surface area contributed by atoms with Crippen molar-refractivity contribution in [3.63, 3.8) is 0 Å². The van der Waals surface area contributed by atoms with Crippen LogP contribution in [0.2, 0.25) is 25.7 Å². The molecule has 4 rings (SSSR count). The van der Waals surface area contributed by atoms with Crippen LogP contribution in [0.5, 0.6) is 0 Å². The molecule has 1 saturated carbocycles. The third-order valence-electron chi connectivity index (χ3n) is 7.86. The van der Waals surface area contributed by atoms with Crippen molar-refractivity contribution in [2.45, 2.75) is 70.4 Å². The zero-order valence-corrected chi connectivity index (χ0v) is 26.4. The van der Waals surface area contributed by atoms with E-state index in [0.717, 1.165) is 48.5 Å². The van der Waals surface area contributed by atoms with Crippen LogP contribution in [0, 0.1) is 5.92 Å². The Morgan fingerprint density at radius 1 is 1.00 bits per heavy atom. The first kappa shape index (κ1) is 30.7.